The van der Waals surface area contributed by atoms with Gasteiger partial charge in [-0.2, -0.15) is 8.78 Å². The minimum absolute atomic E-state index is 0.940. The molecule has 50 valence electrons. The first kappa shape index (κ1) is 8.78. The van der Waals surface area contributed by atoms with Crippen LogP contribution in [0.25, 0.3) is 0 Å². The van der Waals surface area contributed by atoms with E-state index in [9.17, 15) is 8.78 Å². The Labute approximate surface area is 62.6 Å². The SMILES string of the molecule is COC(F)(F)C(Br)Br. The molecule has 0 aliphatic carbocycles. The number of methoxy groups -OCH3 is 1. The summed E-state index contributed by atoms with van der Waals surface area (Å²) in [6.45, 7) is 0. The van der Waals surface area contributed by atoms with Crippen molar-refractivity contribution >= 4 is 31.9 Å². The molecule has 0 atom stereocenters. The second-order valence-electron chi connectivity index (χ2n) is 1.07. The van der Waals surface area contributed by atoms with Crippen LogP contribution in [0.1, 0.15) is 0 Å². The van der Waals surface area contributed by atoms with Gasteiger partial charge in [0.15, 0.2) is 3.74 Å². The number of halogens is 4. The van der Waals surface area contributed by atoms with E-state index >= 15 is 0 Å². The molecule has 0 bridgehead atoms. The Bertz CT molecular complexity index is 75.7. The predicted octanol–water partition coefficient (Wildman–Crippen LogP) is 2.34. The summed E-state index contributed by atoms with van der Waals surface area (Å²) < 4.78 is 26.6. The molecule has 0 radical (unpaired) electrons. The molecule has 0 fully saturated rings. The molecule has 0 aliphatic rings. The van der Waals surface area contributed by atoms with Gasteiger partial charge in [0, 0.05) is 7.11 Å². The first-order valence-electron chi connectivity index (χ1n) is 1.72. The maximum absolute atomic E-state index is 12.0. The molecule has 0 saturated heterocycles. The van der Waals surface area contributed by atoms with Gasteiger partial charge in [-0.3, -0.25) is 0 Å². The first-order chi connectivity index (χ1) is 3.50. The molecule has 0 N–H and O–H groups in total. The van der Waals surface area contributed by atoms with Gasteiger partial charge in [0.2, 0.25) is 0 Å². The van der Waals surface area contributed by atoms with Crippen LogP contribution >= 0.6 is 31.9 Å². The van der Waals surface area contributed by atoms with Crippen LogP contribution in [0.5, 0.6) is 0 Å². The summed E-state index contributed by atoms with van der Waals surface area (Å²) in [5, 5.41) is 0. The standard InChI is InChI=1S/C3H4Br2F2O/c1-8-3(6,7)2(4)5/h2H,1H3. The zero-order valence-corrected chi connectivity index (χ0v) is 7.17. The molecular formula is C3H4Br2F2O. The number of hydrogen-bond donors (Lipinski definition) is 0. The fraction of sp³-hybridized carbons (Fsp3) is 1.00. The monoisotopic (exact) mass is 252 g/mol. The zero-order chi connectivity index (χ0) is 6.78. The average molecular weight is 254 g/mol. The summed E-state index contributed by atoms with van der Waals surface area (Å²) in [7, 11) is 0.940. The largest absolute Gasteiger partial charge is 0.377 e. The van der Waals surface area contributed by atoms with Gasteiger partial charge in [0.25, 0.3) is 0 Å². The van der Waals surface area contributed by atoms with E-state index in [1.165, 1.54) is 0 Å². The lowest BCUT2D eigenvalue weighted by atomic mass is 10.7. The molecule has 5 heteroatoms. The van der Waals surface area contributed by atoms with Crippen LogP contribution in [0.3, 0.4) is 0 Å². The van der Waals surface area contributed by atoms with Crippen molar-refractivity contribution in [1.82, 2.24) is 0 Å². The van der Waals surface area contributed by atoms with Crippen molar-refractivity contribution < 1.29 is 13.5 Å². The van der Waals surface area contributed by atoms with Gasteiger partial charge < -0.3 is 4.74 Å². The molecule has 0 rings (SSSR count). The quantitative estimate of drug-likeness (QED) is 0.687. The van der Waals surface area contributed by atoms with Crippen molar-refractivity contribution in [1.29, 1.82) is 0 Å². The van der Waals surface area contributed by atoms with E-state index in [-0.39, 0.29) is 0 Å². The Kier molecular flexibility index (Phi) is 3.38. The van der Waals surface area contributed by atoms with Crippen LogP contribution in [0.15, 0.2) is 0 Å². The number of alkyl halides is 4. The number of rotatable bonds is 2. The highest BCUT2D eigenvalue weighted by molar-refractivity contribution is 9.24. The van der Waals surface area contributed by atoms with Crippen molar-refractivity contribution in [3.05, 3.63) is 0 Å². The second kappa shape index (κ2) is 3.08. The van der Waals surface area contributed by atoms with Gasteiger partial charge >= 0.3 is 6.11 Å². The number of hydrogen-bond acceptors (Lipinski definition) is 1. The van der Waals surface area contributed by atoms with E-state index in [1.54, 1.807) is 0 Å². The molecule has 0 spiro atoms. The topological polar surface area (TPSA) is 9.23 Å². The third-order valence-corrected chi connectivity index (χ3v) is 1.59. The van der Waals surface area contributed by atoms with E-state index in [2.05, 4.69) is 36.6 Å². The lowest BCUT2D eigenvalue weighted by molar-refractivity contribution is -0.205. The van der Waals surface area contributed by atoms with Crippen LogP contribution in [0, 0.1) is 0 Å². The molecule has 8 heavy (non-hydrogen) atoms. The maximum atomic E-state index is 12.0. The Balaban J connectivity index is 3.71. The Morgan fingerprint density at radius 3 is 1.88 bits per heavy atom. The van der Waals surface area contributed by atoms with Gasteiger partial charge in [-0.05, 0) is 0 Å². The van der Waals surface area contributed by atoms with Crippen LogP contribution in [-0.4, -0.2) is 17.0 Å². The smallest absolute Gasteiger partial charge is 0.322 e. The van der Waals surface area contributed by atoms with Crippen LogP contribution in [0.4, 0.5) is 8.78 Å². The molecule has 1 nitrogen and oxygen atoms in total. The van der Waals surface area contributed by atoms with E-state index < -0.39 is 9.85 Å². The van der Waals surface area contributed by atoms with Crippen molar-refractivity contribution in [2.24, 2.45) is 0 Å². The Morgan fingerprint density at radius 1 is 1.50 bits per heavy atom. The van der Waals surface area contributed by atoms with E-state index in [0.29, 0.717) is 0 Å². The van der Waals surface area contributed by atoms with E-state index in [1.807, 2.05) is 0 Å². The van der Waals surface area contributed by atoms with Gasteiger partial charge in [0.1, 0.15) is 0 Å². The minimum atomic E-state index is -3.13. The van der Waals surface area contributed by atoms with Crippen LogP contribution in [0.2, 0.25) is 0 Å². The first-order valence-corrected chi connectivity index (χ1v) is 3.55. The van der Waals surface area contributed by atoms with Gasteiger partial charge in [-0.1, -0.05) is 31.9 Å². The highest BCUT2D eigenvalue weighted by atomic mass is 79.9. The molecule has 0 amide bonds. The fourth-order valence-electron chi connectivity index (χ4n) is 0.0891. The lowest BCUT2D eigenvalue weighted by Crippen LogP contribution is -2.25. The van der Waals surface area contributed by atoms with Crippen molar-refractivity contribution in [2.75, 3.05) is 7.11 Å². The Hall–Kier alpha value is 0.780. The molecule has 0 heterocycles. The maximum Gasteiger partial charge on any atom is 0.377 e. The van der Waals surface area contributed by atoms with Crippen LogP contribution in [-0.2, 0) is 4.74 Å². The van der Waals surface area contributed by atoms with Crippen LogP contribution < -0.4 is 0 Å². The molecule has 0 aromatic heterocycles. The normalized spacial score (nSPS) is 12.8. The van der Waals surface area contributed by atoms with Gasteiger partial charge in [-0.25, -0.2) is 0 Å². The summed E-state index contributed by atoms with van der Waals surface area (Å²) in [4.78, 5) is 0. The van der Waals surface area contributed by atoms with E-state index in [4.69, 9.17) is 0 Å². The van der Waals surface area contributed by atoms with Crippen molar-refractivity contribution in [3.8, 4) is 0 Å². The molecule has 0 unspecified atom stereocenters. The molecule has 0 aliphatic heterocycles. The summed E-state index contributed by atoms with van der Waals surface area (Å²) in [6, 6.07) is 0. The highest BCUT2D eigenvalue weighted by Gasteiger charge is 2.35. The average Bonchev–Trinajstić information content (AvgIpc) is 1.67. The third kappa shape index (κ3) is 2.37. The van der Waals surface area contributed by atoms with Gasteiger partial charge in [-0.15, -0.1) is 0 Å². The third-order valence-electron chi connectivity index (χ3n) is 0.526. The van der Waals surface area contributed by atoms with Gasteiger partial charge in [0.05, 0.1) is 0 Å². The lowest BCUT2D eigenvalue weighted by Gasteiger charge is -2.13. The zero-order valence-electron chi connectivity index (χ0n) is 4.00. The van der Waals surface area contributed by atoms with Crippen molar-refractivity contribution in [3.63, 3.8) is 0 Å². The minimum Gasteiger partial charge on any atom is -0.322 e. The summed E-state index contributed by atoms with van der Waals surface area (Å²) in [6.07, 6.45) is -3.13. The van der Waals surface area contributed by atoms with Crippen molar-refractivity contribution in [2.45, 2.75) is 9.85 Å². The summed E-state index contributed by atoms with van der Waals surface area (Å²) in [5.74, 6) is 0. The summed E-state index contributed by atoms with van der Waals surface area (Å²) in [5.41, 5.74) is 0. The Morgan fingerprint density at radius 2 is 1.88 bits per heavy atom. The molecule has 0 aromatic carbocycles. The molecule has 0 aromatic rings. The number of ether oxygens (including phenoxy) is 1. The highest BCUT2D eigenvalue weighted by Crippen LogP contribution is 2.29. The second-order valence-corrected chi connectivity index (χ2v) is 4.13. The predicted molar refractivity (Wildman–Crippen MR) is 33.6 cm³/mol. The summed E-state index contributed by atoms with van der Waals surface area (Å²) >= 11 is 5.20. The molecular weight excluding hydrogens is 250 g/mol. The van der Waals surface area contributed by atoms with E-state index in [0.717, 1.165) is 7.11 Å². The molecule has 0 saturated carbocycles. The fourth-order valence-corrected chi connectivity index (χ4v) is 0.463.